The van der Waals surface area contributed by atoms with Crippen LogP contribution in [0.2, 0.25) is 0 Å². The van der Waals surface area contributed by atoms with Crippen LogP contribution in [0, 0.1) is 0 Å². The van der Waals surface area contributed by atoms with Gasteiger partial charge in [-0.15, -0.1) is 0 Å². The largest absolute Gasteiger partial charge is 0.395 e. The molecule has 2 aromatic heterocycles. The number of nitrogens with zero attached hydrogens (tertiary/aromatic N) is 2. The van der Waals surface area contributed by atoms with Crippen LogP contribution in [-0.4, -0.2) is 45.5 Å². The molecule has 0 aromatic carbocycles. The molecule has 0 aliphatic heterocycles. The van der Waals surface area contributed by atoms with Gasteiger partial charge in [0.25, 0.3) is 0 Å². The molecule has 118 valence electrons. The fraction of sp³-hybridized carbons (Fsp3) is 0.375. The highest BCUT2D eigenvalue weighted by Gasteiger charge is 2.08. The second-order valence-electron chi connectivity index (χ2n) is 5.39. The summed E-state index contributed by atoms with van der Waals surface area (Å²) < 4.78 is 0. The molecule has 0 saturated carbocycles. The van der Waals surface area contributed by atoms with Crippen molar-refractivity contribution in [2.75, 3.05) is 13.2 Å². The average Bonchev–Trinajstić information content (AvgIpc) is 2.55. The molecular formula is C16H22N4O2. The van der Waals surface area contributed by atoms with E-state index in [1.54, 1.807) is 12.4 Å². The molecule has 0 spiro atoms. The number of aromatic nitrogens is 2. The van der Waals surface area contributed by atoms with Gasteiger partial charge in [0.2, 0.25) is 0 Å². The van der Waals surface area contributed by atoms with Gasteiger partial charge in [-0.2, -0.15) is 0 Å². The van der Waals surface area contributed by atoms with Crippen LogP contribution < -0.4 is 11.5 Å². The average molecular weight is 302 g/mol. The Labute approximate surface area is 129 Å². The molecule has 0 radical (unpaired) electrons. The van der Waals surface area contributed by atoms with Gasteiger partial charge in [-0.3, -0.25) is 9.97 Å². The minimum Gasteiger partial charge on any atom is -0.395 e. The first-order chi connectivity index (χ1) is 10.6. The van der Waals surface area contributed by atoms with Crippen molar-refractivity contribution < 1.29 is 10.2 Å². The van der Waals surface area contributed by atoms with E-state index in [1.165, 1.54) is 0 Å². The first-order valence-corrected chi connectivity index (χ1v) is 7.25. The van der Waals surface area contributed by atoms with E-state index in [4.69, 9.17) is 21.7 Å². The number of rotatable bonds is 7. The van der Waals surface area contributed by atoms with E-state index in [0.29, 0.717) is 12.8 Å². The third-order valence-electron chi connectivity index (χ3n) is 3.38. The van der Waals surface area contributed by atoms with Crippen molar-refractivity contribution in [3.63, 3.8) is 0 Å². The monoisotopic (exact) mass is 302 g/mol. The fourth-order valence-electron chi connectivity index (χ4n) is 2.22. The summed E-state index contributed by atoms with van der Waals surface area (Å²) in [6, 6.07) is 7.05. The molecule has 0 aliphatic carbocycles. The molecule has 6 N–H and O–H groups in total. The highest BCUT2D eigenvalue weighted by atomic mass is 16.3. The van der Waals surface area contributed by atoms with Gasteiger partial charge < -0.3 is 21.7 Å². The van der Waals surface area contributed by atoms with E-state index < -0.39 is 0 Å². The second kappa shape index (κ2) is 7.95. The van der Waals surface area contributed by atoms with Crippen LogP contribution >= 0.6 is 0 Å². The van der Waals surface area contributed by atoms with Gasteiger partial charge in [0.15, 0.2) is 0 Å². The van der Waals surface area contributed by atoms with Gasteiger partial charge in [0, 0.05) is 24.5 Å². The maximum absolute atomic E-state index is 9.04. The zero-order valence-corrected chi connectivity index (χ0v) is 12.4. The molecule has 22 heavy (non-hydrogen) atoms. The van der Waals surface area contributed by atoms with E-state index in [0.717, 1.165) is 22.5 Å². The van der Waals surface area contributed by atoms with Crippen LogP contribution in [0.1, 0.15) is 11.1 Å². The number of hydrogen-bond acceptors (Lipinski definition) is 6. The molecule has 6 heteroatoms. The van der Waals surface area contributed by atoms with E-state index in [2.05, 4.69) is 9.97 Å². The van der Waals surface area contributed by atoms with Crippen molar-refractivity contribution in [3.05, 3.63) is 47.8 Å². The number of hydrogen-bond donors (Lipinski definition) is 4. The van der Waals surface area contributed by atoms with Gasteiger partial charge in [-0.05, 0) is 48.2 Å². The van der Waals surface area contributed by atoms with Crippen molar-refractivity contribution in [2.45, 2.75) is 24.9 Å². The zero-order chi connectivity index (χ0) is 15.9. The lowest BCUT2D eigenvalue weighted by molar-refractivity contribution is 0.265. The summed E-state index contributed by atoms with van der Waals surface area (Å²) in [7, 11) is 0. The Bertz CT molecular complexity index is 553. The lowest BCUT2D eigenvalue weighted by atomic mass is 10.0. The van der Waals surface area contributed by atoms with E-state index in [9.17, 15) is 0 Å². The van der Waals surface area contributed by atoms with Crippen LogP contribution in [0.3, 0.4) is 0 Å². The van der Waals surface area contributed by atoms with Crippen LogP contribution in [0.25, 0.3) is 11.4 Å². The Morgan fingerprint density at radius 1 is 0.818 bits per heavy atom. The molecule has 0 fully saturated rings. The standard InChI is InChI=1S/C16H22N4O2/c17-13(9-21)5-11-1-3-19-15(7-11)16-8-12(2-4-20-16)6-14(18)10-22/h1-4,7-8,13-14,21-22H,5-6,9-10,17-18H2. The Morgan fingerprint density at radius 2 is 1.23 bits per heavy atom. The SMILES string of the molecule is NC(CO)Cc1ccnc(-c2cc(CC(N)CO)ccn2)c1. The number of aliphatic hydroxyl groups excluding tert-OH is 2. The van der Waals surface area contributed by atoms with Crippen molar-refractivity contribution in [1.82, 2.24) is 9.97 Å². The molecule has 2 atom stereocenters. The van der Waals surface area contributed by atoms with Crippen molar-refractivity contribution in [3.8, 4) is 11.4 Å². The minimum atomic E-state index is -0.280. The van der Waals surface area contributed by atoms with Crippen LogP contribution in [0.5, 0.6) is 0 Å². The predicted molar refractivity (Wildman–Crippen MR) is 85.0 cm³/mol. The first-order valence-electron chi connectivity index (χ1n) is 7.25. The highest BCUT2D eigenvalue weighted by Crippen LogP contribution is 2.18. The molecule has 2 unspecified atom stereocenters. The van der Waals surface area contributed by atoms with E-state index >= 15 is 0 Å². The summed E-state index contributed by atoms with van der Waals surface area (Å²) in [5.74, 6) is 0. The Balaban J connectivity index is 2.20. The molecule has 0 amide bonds. The van der Waals surface area contributed by atoms with Crippen LogP contribution in [0.4, 0.5) is 0 Å². The summed E-state index contributed by atoms with van der Waals surface area (Å²) in [5, 5.41) is 18.1. The summed E-state index contributed by atoms with van der Waals surface area (Å²) in [6.07, 6.45) is 4.59. The number of pyridine rings is 2. The van der Waals surface area contributed by atoms with Crippen LogP contribution in [-0.2, 0) is 12.8 Å². The molecule has 2 heterocycles. The van der Waals surface area contributed by atoms with Gasteiger partial charge in [-0.1, -0.05) is 0 Å². The first kappa shape index (κ1) is 16.5. The van der Waals surface area contributed by atoms with E-state index in [1.807, 2.05) is 24.3 Å². The summed E-state index contributed by atoms with van der Waals surface area (Å²) >= 11 is 0. The van der Waals surface area contributed by atoms with E-state index in [-0.39, 0.29) is 25.3 Å². The third kappa shape index (κ3) is 4.57. The Hall–Kier alpha value is -1.86. The summed E-state index contributed by atoms with van der Waals surface area (Å²) in [6.45, 7) is -0.102. The minimum absolute atomic E-state index is 0.0512. The molecule has 2 aromatic rings. The van der Waals surface area contributed by atoms with Crippen LogP contribution in [0.15, 0.2) is 36.7 Å². The lowest BCUT2D eigenvalue weighted by Gasteiger charge is -2.10. The second-order valence-corrected chi connectivity index (χ2v) is 5.39. The number of aliphatic hydroxyl groups is 2. The fourth-order valence-corrected chi connectivity index (χ4v) is 2.22. The summed E-state index contributed by atoms with van der Waals surface area (Å²) in [5.41, 5.74) is 15.0. The molecular weight excluding hydrogens is 280 g/mol. The molecule has 6 nitrogen and oxygen atoms in total. The molecule has 0 aliphatic rings. The Morgan fingerprint density at radius 3 is 1.59 bits per heavy atom. The lowest BCUT2D eigenvalue weighted by Crippen LogP contribution is -2.27. The highest BCUT2D eigenvalue weighted by molar-refractivity contribution is 5.55. The normalized spacial score (nSPS) is 13.8. The quantitative estimate of drug-likeness (QED) is 0.566. The molecule has 0 saturated heterocycles. The maximum atomic E-state index is 9.04. The molecule has 0 bridgehead atoms. The molecule has 2 rings (SSSR count). The van der Waals surface area contributed by atoms with Crippen molar-refractivity contribution >= 4 is 0 Å². The third-order valence-corrected chi connectivity index (χ3v) is 3.38. The van der Waals surface area contributed by atoms with Gasteiger partial charge in [-0.25, -0.2) is 0 Å². The van der Waals surface area contributed by atoms with Crippen molar-refractivity contribution in [2.24, 2.45) is 11.5 Å². The summed E-state index contributed by atoms with van der Waals surface area (Å²) in [4.78, 5) is 8.67. The van der Waals surface area contributed by atoms with Gasteiger partial charge in [0.1, 0.15) is 0 Å². The zero-order valence-electron chi connectivity index (χ0n) is 12.4. The topological polar surface area (TPSA) is 118 Å². The van der Waals surface area contributed by atoms with Gasteiger partial charge in [0.05, 0.1) is 24.6 Å². The van der Waals surface area contributed by atoms with Crippen molar-refractivity contribution in [1.29, 1.82) is 0 Å². The Kier molecular flexibility index (Phi) is 5.97. The van der Waals surface area contributed by atoms with Gasteiger partial charge >= 0.3 is 0 Å². The maximum Gasteiger partial charge on any atom is 0.0888 e. The predicted octanol–water partition coefficient (Wildman–Crippen LogP) is -0.132. The smallest absolute Gasteiger partial charge is 0.0888 e. The number of nitrogens with two attached hydrogens (primary N) is 2.